The summed E-state index contributed by atoms with van der Waals surface area (Å²) < 4.78 is 36.0. The number of methoxy groups -OCH3 is 2. The van der Waals surface area contributed by atoms with Crippen LogP contribution in [0, 0.1) is 0 Å². The number of amides is 1. The molecule has 2 aromatic rings. The molecule has 0 aromatic heterocycles. The van der Waals surface area contributed by atoms with E-state index in [1.165, 1.54) is 20.3 Å². The van der Waals surface area contributed by atoms with Crippen molar-refractivity contribution in [3.63, 3.8) is 0 Å². The van der Waals surface area contributed by atoms with Crippen LogP contribution in [0.15, 0.2) is 42.5 Å². The normalized spacial score (nSPS) is 11.1. The average molecular weight is 487 g/mol. The Kier molecular flexibility index (Phi) is 9.80. The molecular weight excluding hydrogens is 460 g/mol. The Labute approximate surface area is 193 Å². The van der Waals surface area contributed by atoms with Crippen LogP contribution in [0.1, 0.15) is 12.0 Å². The molecule has 10 heteroatoms. The zero-order valence-electron chi connectivity index (χ0n) is 17.8. The van der Waals surface area contributed by atoms with E-state index in [0.717, 1.165) is 39.1 Å². The highest BCUT2D eigenvalue weighted by Crippen LogP contribution is 2.32. The third-order valence-corrected chi connectivity index (χ3v) is 6.78. The standard InChI is InChI=1S/C21H27ClN2O5S2/c1-28-19-9-8-18(13-20(19)29-2)24(31(3,26)27)14-21(25)23-10-5-11-30-15-16-6-4-7-17(22)12-16/h4,6-9,12-13H,5,10-11,14-15H2,1-3H3,(H,23,25). The molecule has 0 aliphatic rings. The van der Waals surface area contributed by atoms with Gasteiger partial charge in [-0.3, -0.25) is 9.10 Å². The predicted molar refractivity (Wildman–Crippen MR) is 127 cm³/mol. The number of halogens is 1. The topological polar surface area (TPSA) is 84.9 Å². The van der Waals surface area contributed by atoms with E-state index in [2.05, 4.69) is 5.32 Å². The molecule has 0 spiro atoms. The fourth-order valence-corrected chi connectivity index (χ4v) is 4.75. The van der Waals surface area contributed by atoms with Gasteiger partial charge in [0.25, 0.3) is 0 Å². The van der Waals surface area contributed by atoms with Gasteiger partial charge >= 0.3 is 0 Å². The van der Waals surface area contributed by atoms with Crippen LogP contribution in [0.5, 0.6) is 11.5 Å². The van der Waals surface area contributed by atoms with Crippen molar-refractivity contribution in [1.29, 1.82) is 0 Å². The first kappa shape index (κ1) is 25.2. The van der Waals surface area contributed by atoms with E-state index in [1.807, 2.05) is 24.3 Å². The monoisotopic (exact) mass is 486 g/mol. The first-order chi connectivity index (χ1) is 14.7. The molecule has 2 aromatic carbocycles. The number of nitrogens with zero attached hydrogens (tertiary/aromatic N) is 1. The smallest absolute Gasteiger partial charge is 0.240 e. The van der Waals surface area contributed by atoms with Gasteiger partial charge in [0.15, 0.2) is 11.5 Å². The average Bonchev–Trinajstić information content (AvgIpc) is 2.73. The Bertz CT molecular complexity index is 985. The summed E-state index contributed by atoms with van der Waals surface area (Å²) in [5.74, 6) is 2.18. The van der Waals surface area contributed by atoms with Crippen LogP contribution in [0.2, 0.25) is 5.02 Å². The Morgan fingerprint density at radius 2 is 1.87 bits per heavy atom. The Hall–Kier alpha value is -2.10. The number of rotatable bonds is 12. The first-order valence-corrected chi connectivity index (χ1v) is 12.9. The summed E-state index contributed by atoms with van der Waals surface area (Å²) in [4.78, 5) is 12.3. The summed E-state index contributed by atoms with van der Waals surface area (Å²) >= 11 is 7.72. The Balaban J connectivity index is 1.85. The molecule has 0 saturated carbocycles. The fraction of sp³-hybridized carbons (Fsp3) is 0.381. The highest BCUT2D eigenvalue weighted by atomic mass is 35.5. The zero-order chi connectivity index (χ0) is 22.9. The summed E-state index contributed by atoms with van der Waals surface area (Å²) in [6, 6.07) is 12.4. The maximum Gasteiger partial charge on any atom is 0.240 e. The Morgan fingerprint density at radius 1 is 1.13 bits per heavy atom. The quantitative estimate of drug-likeness (QED) is 0.462. The van der Waals surface area contributed by atoms with Gasteiger partial charge in [-0.1, -0.05) is 23.7 Å². The van der Waals surface area contributed by atoms with E-state index >= 15 is 0 Å². The second kappa shape index (κ2) is 12.1. The number of ether oxygens (including phenoxy) is 2. The van der Waals surface area contributed by atoms with Crippen LogP contribution in [-0.4, -0.2) is 53.6 Å². The van der Waals surface area contributed by atoms with E-state index in [0.29, 0.717) is 23.7 Å². The SMILES string of the molecule is COc1ccc(N(CC(=O)NCCCSCc2cccc(Cl)c2)S(C)(=O)=O)cc1OC. The van der Waals surface area contributed by atoms with Crippen molar-refractivity contribution < 1.29 is 22.7 Å². The van der Waals surface area contributed by atoms with Gasteiger partial charge in [-0.05, 0) is 42.0 Å². The molecular formula is C21H27ClN2O5S2. The number of anilines is 1. The molecule has 0 saturated heterocycles. The van der Waals surface area contributed by atoms with Crippen LogP contribution in [-0.2, 0) is 20.6 Å². The highest BCUT2D eigenvalue weighted by Gasteiger charge is 2.22. The lowest BCUT2D eigenvalue weighted by atomic mass is 10.2. The number of thioether (sulfide) groups is 1. The van der Waals surface area contributed by atoms with E-state index in [-0.39, 0.29) is 12.5 Å². The van der Waals surface area contributed by atoms with Gasteiger partial charge in [-0.15, -0.1) is 0 Å². The van der Waals surface area contributed by atoms with Gasteiger partial charge in [0.1, 0.15) is 6.54 Å². The van der Waals surface area contributed by atoms with Gasteiger partial charge in [-0.25, -0.2) is 8.42 Å². The molecule has 0 heterocycles. The summed E-state index contributed by atoms with van der Waals surface area (Å²) in [5.41, 5.74) is 1.48. The zero-order valence-corrected chi connectivity index (χ0v) is 20.1. The van der Waals surface area contributed by atoms with Crippen molar-refractivity contribution in [3.8, 4) is 11.5 Å². The van der Waals surface area contributed by atoms with Crippen LogP contribution in [0.25, 0.3) is 0 Å². The fourth-order valence-electron chi connectivity index (χ4n) is 2.79. The van der Waals surface area contributed by atoms with Crippen molar-refractivity contribution in [2.75, 3.05) is 43.6 Å². The third kappa shape index (κ3) is 8.16. The van der Waals surface area contributed by atoms with Crippen molar-refractivity contribution in [3.05, 3.63) is 53.1 Å². The lowest BCUT2D eigenvalue weighted by Gasteiger charge is -2.23. The van der Waals surface area contributed by atoms with Gasteiger partial charge in [0.05, 0.1) is 26.2 Å². The van der Waals surface area contributed by atoms with Gasteiger partial charge in [-0.2, -0.15) is 11.8 Å². The molecule has 1 amide bonds. The second-order valence-electron chi connectivity index (χ2n) is 6.69. The van der Waals surface area contributed by atoms with E-state index in [9.17, 15) is 13.2 Å². The van der Waals surface area contributed by atoms with E-state index < -0.39 is 10.0 Å². The minimum atomic E-state index is -3.67. The number of hydrogen-bond acceptors (Lipinski definition) is 6. The van der Waals surface area contributed by atoms with Crippen LogP contribution in [0.3, 0.4) is 0 Å². The number of carbonyl (C=O) groups is 1. The van der Waals surface area contributed by atoms with Crippen molar-refractivity contribution in [2.24, 2.45) is 0 Å². The number of hydrogen-bond donors (Lipinski definition) is 1. The molecule has 1 N–H and O–H groups in total. The molecule has 0 aliphatic carbocycles. The number of nitrogens with one attached hydrogen (secondary N) is 1. The minimum Gasteiger partial charge on any atom is -0.493 e. The molecule has 0 aliphatic heterocycles. The lowest BCUT2D eigenvalue weighted by molar-refractivity contribution is -0.119. The van der Waals surface area contributed by atoms with Crippen LogP contribution < -0.4 is 19.1 Å². The molecule has 0 bridgehead atoms. The van der Waals surface area contributed by atoms with Crippen molar-refractivity contribution in [1.82, 2.24) is 5.32 Å². The van der Waals surface area contributed by atoms with Gasteiger partial charge in [0, 0.05) is 23.4 Å². The molecule has 7 nitrogen and oxygen atoms in total. The Morgan fingerprint density at radius 3 is 2.52 bits per heavy atom. The van der Waals surface area contributed by atoms with Crippen LogP contribution >= 0.6 is 23.4 Å². The molecule has 2 rings (SSSR count). The summed E-state index contributed by atoms with van der Waals surface area (Å²) in [5, 5.41) is 3.50. The predicted octanol–water partition coefficient (Wildman–Crippen LogP) is 3.56. The molecule has 0 unspecified atom stereocenters. The number of benzene rings is 2. The maximum absolute atomic E-state index is 12.3. The second-order valence-corrected chi connectivity index (χ2v) is 10.1. The van der Waals surface area contributed by atoms with Crippen molar-refractivity contribution in [2.45, 2.75) is 12.2 Å². The summed E-state index contributed by atoms with van der Waals surface area (Å²) in [7, 11) is -0.715. The molecule has 0 fully saturated rings. The van der Waals surface area contributed by atoms with Gasteiger partial charge in [0.2, 0.25) is 15.9 Å². The maximum atomic E-state index is 12.3. The van der Waals surface area contributed by atoms with Crippen LogP contribution in [0.4, 0.5) is 5.69 Å². The minimum absolute atomic E-state index is 0.316. The molecule has 170 valence electrons. The summed E-state index contributed by atoms with van der Waals surface area (Å²) in [6.07, 6.45) is 1.83. The number of sulfonamides is 1. The number of carbonyl (C=O) groups excluding carboxylic acids is 1. The lowest BCUT2D eigenvalue weighted by Crippen LogP contribution is -2.40. The third-order valence-electron chi connectivity index (χ3n) is 4.29. The van der Waals surface area contributed by atoms with E-state index in [4.69, 9.17) is 21.1 Å². The van der Waals surface area contributed by atoms with Gasteiger partial charge < -0.3 is 14.8 Å². The summed E-state index contributed by atoms with van der Waals surface area (Å²) in [6.45, 7) is 0.148. The molecule has 0 atom stereocenters. The molecule has 0 radical (unpaired) electrons. The first-order valence-electron chi connectivity index (χ1n) is 9.53. The largest absolute Gasteiger partial charge is 0.493 e. The van der Waals surface area contributed by atoms with E-state index in [1.54, 1.807) is 23.9 Å². The van der Waals surface area contributed by atoms with Crippen molar-refractivity contribution >= 4 is 45.0 Å². The highest BCUT2D eigenvalue weighted by molar-refractivity contribution is 7.98. The molecule has 31 heavy (non-hydrogen) atoms.